The van der Waals surface area contributed by atoms with Crippen LogP contribution in [-0.2, 0) is 0 Å². The Bertz CT molecular complexity index is 147. The first-order valence-corrected chi connectivity index (χ1v) is 8.97. The maximum atomic E-state index is 10.00. The van der Waals surface area contributed by atoms with E-state index in [2.05, 4.69) is 12.2 Å². The maximum Gasteiger partial charge on any atom is -0.00371 e. The van der Waals surface area contributed by atoms with E-state index < -0.39 is 0 Å². The molecule has 0 aromatic rings. The highest BCUT2D eigenvalue weighted by Gasteiger charge is 1.93. The summed E-state index contributed by atoms with van der Waals surface area (Å²) in [4.78, 5) is 0. The molecule has 0 aromatic carbocycles. The highest BCUT2D eigenvalue weighted by molar-refractivity contribution is 4.53. The second kappa shape index (κ2) is 18.9. The van der Waals surface area contributed by atoms with Gasteiger partial charge in [-0.3, -0.25) is 0 Å². The number of unbranched alkanes of at least 4 members (excludes halogenated alkanes) is 11. The number of hydrogen-bond donors (Lipinski definition) is 2. The monoisotopic (exact) mass is 285 g/mol. The Morgan fingerprint density at radius 1 is 0.550 bits per heavy atom. The Balaban J connectivity index is 2.89. The summed E-state index contributed by atoms with van der Waals surface area (Å²) in [5.74, 6) is 0. The predicted molar refractivity (Wildman–Crippen MR) is 89.9 cm³/mol. The standard InChI is InChI=1S/C17H37N2O/c1-2-3-4-5-6-7-8-9-10-11-12-13-15-18-16-14-17-19-20/h18-19H,2-17H2,1H3/q-1. The van der Waals surface area contributed by atoms with Crippen molar-refractivity contribution in [2.45, 2.75) is 90.4 Å². The Hall–Kier alpha value is -0.120. The molecule has 3 nitrogen and oxygen atoms in total. The van der Waals surface area contributed by atoms with Gasteiger partial charge in [0.1, 0.15) is 0 Å². The van der Waals surface area contributed by atoms with E-state index in [0.29, 0.717) is 6.54 Å². The summed E-state index contributed by atoms with van der Waals surface area (Å²) < 4.78 is 0. The third kappa shape index (κ3) is 17.9. The van der Waals surface area contributed by atoms with Gasteiger partial charge in [-0.25, -0.2) is 0 Å². The van der Waals surface area contributed by atoms with E-state index in [1.807, 2.05) is 5.48 Å². The number of rotatable bonds is 17. The molecule has 0 aliphatic heterocycles. The third-order valence-electron chi connectivity index (χ3n) is 3.84. The van der Waals surface area contributed by atoms with E-state index in [9.17, 15) is 5.21 Å². The first-order chi connectivity index (χ1) is 9.91. The molecule has 0 aromatic heterocycles. The summed E-state index contributed by atoms with van der Waals surface area (Å²) in [6.07, 6.45) is 17.8. The van der Waals surface area contributed by atoms with Crippen LogP contribution in [-0.4, -0.2) is 19.6 Å². The highest BCUT2D eigenvalue weighted by atomic mass is 16.5. The van der Waals surface area contributed by atoms with Crippen LogP contribution < -0.4 is 10.8 Å². The molecule has 3 heteroatoms. The van der Waals surface area contributed by atoms with Crippen molar-refractivity contribution in [1.29, 1.82) is 0 Å². The molecule has 122 valence electrons. The zero-order valence-corrected chi connectivity index (χ0v) is 13.7. The molecule has 0 bridgehead atoms. The minimum absolute atomic E-state index is 0.575. The van der Waals surface area contributed by atoms with Crippen LogP contribution >= 0.6 is 0 Å². The Kier molecular flexibility index (Phi) is 18.8. The molecular weight excluding hydrogens is 248 g/mol. The second-order valence-electron chi connectivity index (χ2n) is 5.89. The lowest BCUT2D eigenvalue weighted by Crippen LogP contribution is -2.20. The van der Waals surface area contributed by atoms with Gasteiger partial charge >= 0.3 is 0 Å². The van der Waals surface area contributed by atoms with E-state index in [-0.39, 0.29) is 0 Å². The van der Waals surface area contributed by atoms with Gasteiger partial charge < -0.3 is 16.0 Å². The van der Waals surface area contributed by atoms with Crippen LogP contribution in [0.5, 0.6) is 0 Å². The normalized spacial score (nSPS) is 11.1. The van der Waals surface area contributed by atoms with Crippen molar-refractivity contribution < 1.29 is 0 Å². The largest absolute Gasteiger partial charge is 0.788 e. The van der Waals surface area contributed by atoms with Gasteiger partial charge in [0.2, 0.25) is 0 Å². The summed E-state index contributed by atoms with van der Waals surface area (Å²) in [6.45, 7) is 4.92. The maximum absolute atomic E-state index is 10.00. The number of hydroxylamine groups is 1. The van der Waals surface area contributed by atoms with Gasteiger partial charge in [-0.2, -0.15) is 0 Å². The summed E-state index contributed by atoms with van der Waals surface area (Å²) in [5, 5.41) is 13.4. The van der Waals surface area contributed by atoms with Gasteiger partial charge in [-0.1, -0.05) is 77.6 Å². The van der Waals surface area contributed by atoms with Crippen LogP contribution in [0.2, 0.25) is 0 Å². The summed E-state index contributed by atoms with van der Waals surface area (Å²) in [5.41, 5.74) is 1.93. The zero-order valence-electron chi connectivity index (χ0n) is 13.7. The summed E-state index contributed by atoms with van der Waals surface area (Å²) in [6, 6.07) is 0. The molecule has 0 saturated carbocycles. The zero-order chi connectivity index (χ0) is 14.7. The van der Waals surface area contributed by atoms with Crippen LogP contribution in [0.3, 0.4) is 0 Å². The average Bonchev–Trinajstić information content (AvgIpc) is 2.47. The van der Waals surface area contributed by atoms with E-state index in [0.717, 1.165) is 19.5 Å². The molecule has 0 amide bonds. The molecule has 0 aliphatic rings. The summed E-state index contributed by atoms with van der Waals surface area (Å²) >= 11 is 0. The van der Waals surface area contributed by atoms with E-state index in [1.54, 1.807) is 0 Å². The smallest absolute Gasteiger partial charge is 0.00371 e. The molecule has 20 heavy (non-hydrogen) atoms. The van der Waals surface area contributed by atoms with Crippen molar-refractivity contribution >= 4 is 0 Å². The van der Waals surface area contributed by atoms with Crippen molar-refractivity contribution in [2.75, 3.05) is 19.6 Å². The van der Waals surface area contributed by atoms with Crippen molar-refractivity contribution in [1.82, 2.24) is 10.8 Å². The molecule has 0 saturated heterocycles. The van der Waals surface area contributed by atoms with Crippen molar-refractivity contribution in [3.05, 3.63) is 5.21 Å². The van der Waals surface area contributed by atoms with Crippen LogP contribution in [0.1, 0.15) is 90.4 Å². The van der Waals surface area contributed by atoms with Crippen LogP contribution in [0.15, 0.2) is 0 Å². The number of nitrogens with one attached hydrogen (secondary N) is 2. The molecule has 0 rings (SSSR count). The van der Waals surface area contributed by atoms with Crippen LogP contribution in [0.4, 0.5) is 0 Å². The molecule has 2 N–H and O–H groups in total. The molecule has 0 aliphatic carbocycles. The molecule has 0 heterocycles. The topological polar surface area (TPSA) is 47.1 Å². The van der Waals surface area contributed by atoms with Crippen LogP contribution in [0, 0.1) is 5.21 Å². The fourth-order valence-corrected chi connectivity index (χ4v) is 2.50. The quantitative estimate of drug-likeness (QED) is 0.299. The van der Waals surface area contributed by atoms with Gasteiger partial charge in [0, 0.05) is 0 Å². The lowest BCUT2D eigenvalue weighted by molar-refractivity contribution is 0.533. The fraction of sp³-hybridized carbons (Fsp3) is 1.00. The molecule has 0 radical (unpaired) electrons. The third-order valence-corrected chi connectivity index (χ3v) is 3.84. The van der Waals surface area contributed by atoms with Gasteiger partial charge in [0.15, 0.2) is 0 Å². The van der Waals surface area contributed by atoms with Crippen molar-refractivity contribution in [2.24, 2.45) is 0 Å². The Labute approximate surface area is 126 Å². The highest BCUT2D eigenvalue weighted by Crippen LogP contribution is 2.11. The Morgan fingerprint density at radius 2 is 1.00 bits per heavy atom. The predicted octanol–water partition coefficient (Wildman–Crippen LogP) is 4.75. The molecule has 0 atom stereocenters. The van der Waals surface area contributed by atoms with E-state index in [4.69, 9.17) is 0 Å². The lowest BCUT2D eigenvalue weighted by Gasteiger charge is -2.07. The Morgan fingerprint density at radius 3 is 1.50 bits per heavy atom. The minimum atomic E-state index is 0.575. The van der Waals surface area contributed by atoms with Gasteiger partial charge in [0.05, 0.1) is 0 Å². The first kappa shape index (κ1) is 19.9. The van der Waals surface area contributed by atoms with Gasteiger partial charge in [0.25, 0.3) is 0 Å². The number of hydrogen-bond acceptors (Lipinski definition) is 3. The van der Waals surface area contributed by atoms with E-state index in [1.165, 1.54) is 77.0 Å². The summed E-state index contributed by atoms with van der Waals surface area (Å²) in [7, 11) is 0. The van der Waals surface area contributed by atoms with Crippen molar-refractivity contribution in [3.8, 4) is 0 Å². The van der Waals surface area contributed by atoms with Crippen molar-refractivity contribution in [3.63, 3.8) is 0 Å². The fourth-order valence-electron chi connectivity index (χ4n) is 2.50. The van der Waals surface area contributed by atoms with Gasteiger partial charge in [-0.05, 0) is 32.5 Å². The molecule has 0 unspecified atom stereocenters. The van der Waals surface area contributed by atoms with Crippen LogP contribution in [0.25, 0.3) is 0 Å². The SMILES string of the molecule is CCCCCCCCCCCCCCNCCCN[O-]. The average molecular weight is 285 g/mol. The van der Waals surface area contributed by atoms with Gasteiger partial charge in [-0.15, -0.1) is 0 Å². The van der Waals surface area contributed by atoms with E-state index >= 15 is 0 Å². The minimum Gasteiger partial charge on any atom is -0.788 e. The molecule has 0 fully saturated rings. The first-order valence-electron chi connectivity index (χ1n) is 8.97. The second-order valence-corrected chi connectivity index (χ2v) is 5.89. The molecular formula is C17H37N2O-. The lowest BCUT2D eigenvalue weighted by atomic mass is 10.1. The molecule has 0 spiro atoms.